The predicted octanol–water partition coefficient (Wildman–Crippen LogP) is 7.46. The number of fused-ring (bicyclic) bond motifs is 2. The SMILES string of the molecule is CCOc1c(/C(C)=C/C(=O)Nc2nc3ccccc3s2)cc2c(-c3ccccc3)coc2c1C. The molecular formula is C28H24N2O3S. The van der Waals surface area contributed by atoms with Crippen molar-refractivity contribution < 1.29 is 13.9 Å². The van der Waals surface area contributed by atoms with Gasteiger partial charge in [0.15, 0.2) is 5.13 Å². The summed E-state index contributed by atoms with van der Waals surface area (Å²) in [6, 6.07) is 20.0. The van der Waals surface area contributed by atoms with Crippen LogP contribution in [0.25, 0.3) is 37.9 Å². The molecule has 34 heavy (non-hydrogen) atoms. The molecule has 0 fully saturated rings. The molecule has 2 heterocycles. The van der Waals surface area contributed by atoms with Crippen molar-refractivity contribution in [1.29, 1.82) is 0 Å². The van der Waals surface area contributed by atoms with Gasteiger partial charge in [0.05, 0.1) is 23.1 Å². The van der Waals surface area contributed by atoms with E-state index in [-0.39, 0.29) is 5.91 Å². The monoisotopic (exact) mass is 468 g/mol. The molecule has 0 aliphatic carbocycles. The number of furan rings is 1. The molecule has 0 spiro atoms. The van der Waals surface area contributed by atoms with Gasteiger partial charge in [-0.1, -0.05) is 53.8 Å². The van der Waals surface area contributed by atoms with Crippen LogP contribution in [0.5, 0.6) is 5.75 Å². The number of thiazole rings is 1. The zero-order chi connectivity index (χ0) is 23.7. The number of aryl methyl sites for hydroxylation is 1. The fourth-order valence-corrected chi connectivity index (χ4v) is 4.99. The zero-order valence-corrected chi connectivity index (χ0v) is 20.0. The Balaban J connectivity index is 1.54. The molecule has 0 aliphatic heterocycles. The molecule has 0 saturated carbocycles. The van der Waals surface area contributed by atoms with Crippen molar-refractivity contribution in [2.24, 2.45) is 0 Å². The van der Waals surface area contributed by atoms with E-state index >= 15 is 0 Å². The Morgan fingerprint density at radius 2 is 1.91 bits per heavy atom. The van der Waals surface area contributed by atoms with Crippen LogP contribution in [-0.4, -0.2) is 17.5 Å². The van der Waals surface area contributed by atoms with Crippen LogP contribution in [0.4, 0.5) is 5.13 Å². The summed E-state index contributed by atoms with van der Waals surface area (Å²) in [5.41, 5.74) is 6.32. The Hall–Kier alpha value is -3.90. The van der Waals surface area contributed by atoms with Gasteiger partial charge in [-0.25, -0.2) is 4.98 Å². The number of benzene rings is 3. The molecule has 1 amide bonds. The maximum absolute atomic E-state index is 12.8. The predicted molar refractivity (Wildman–Crippen MR) is 139 cm³/mol. The maximum atomic E-state index is 12.8. The van der Waals surface area contributed by atoms with Gasteiger partial charge in [-0.3, -0.25) is 10.1 Å². The second-order valence-electron chi connectivity index (χ2n) is 8.01. The molecule has 0 radical (unpaired) electrons. The Kier molecular flexibility index (Phi) is 5.90. The lowest BCUT2D eigenvalue weighted by Crippen LogP contribution is -2.08. The van der Waals surface area contributed by atoms with Crippen molar-refractivity contribution in [2.75, 3.05) is 11.9 Å². The fraction of sp³-hybridized carbons (Fsp3) is 0.143. The maximum Gasteiger partial charge on any atom is 0.250 e. The first-order valence-corrected chi connectivity index (χ1v) is 11.9. The molecule has 170 valence electrons. The smallest absolute Gasteiger partial charge is 0.250 e. The molecule has 2 aromatic heterocycles. The topological polar surface area (TPSA) is 64.4 Å². The van der Waals surface area contributed by atoms with Crippen LogP contribution in [0.3, 0.4) is 0 Å². The van der Waals surface area contributed by atoms with E-state index in [1.165, 1.54) is 11.3 Å². The minimum absolute atomic E-state index is 0.229. The number of anilines is 1. The van der Waals surface area contributed by atoms with Gasteiger partial charge in [0, 0.05) is 28.2 Å². The van der Waals surface area contributed by atoms with E-state index in [0.29, 0.717) is 11.7 Å². The molecule has 5 aromatic rings. The summed E-state index contributed by atoms with van der Waals surface area (Å²) in [5, 5.41) is 4.46. The van der Waals surface area contributed by atoms with Gasteiger partial charge in [-0.05, 0) is 50.1 Å². The fourth-order valence-electron chi connectivity index (χ4n) is 4.12. The highest BCUT2D eigenvalue weighted by Crippen LogP contribution is 2.40. The number of aromatic nitrogens is 1. The average molecular weight is 469 g/mol. The third-order valence-electron chi connectivity index (χ3n) is 5.71. The van der Waals surface area contributed by atoms with Crippen LogP contribution >= 0.6 is 11.3 Å². The number of carbonyl (C=O) groups is 1. The van der Waals surface area contributed by atoms with E-state index in [9.17, 15) is 4.79 Å². The van der Waals surface area contributed by atoms with Gasteiger partial charge in [-0.15, -0.1) is 0 Å². The van der Waals surface area contributed by atoms with E-state index < -0.39 is 0 Å². The van der Waals surface area contributed by atoms with Gasteiger partial charge >= 0.3 is 0 Å². The molecule has 0 aliphatic rings. The summed E-state index contributed by atoms with van der Waals surface area (Å²) in [7, 11) is 0. The summed E-state index contributed by atoms with van der Waals surface area (Å²) in [6.45, 7) is 6.37. The Bertz CT molecular complexity index is 1500. The highest BCUT2D eigenvalue weighted by Gasteiger charge is 2.19. The van der Waals surface area contributed by atoms with Crippen molar-refractivity contribution in [3.8, 4) is 16.9 Å². The van der Waals surface area contributed by atoms with Crippen molar-refractivity contribution in [1.82, 2.24) is 4.98 Å². The van der Waals surface area contributed by atoms with Crippen LogP contribution in [0.15, 0.2) is 77.4 Å². The lowest BCUT2D eigenvalue weighted by molar-refractivity contribution is -0.111. The molecular weight excluding hydrogens is 444 g/mol. The summed E-state index contributed by atoms with van der Waals surface area (Å²) >= 11 is 1.46. The lowest BCUT2D eigenvalue weighted by Gasteiger charge is -2.15. The number of nitrogens with zero attached hydrogens (tertiary/aromatic N) is 1. The Morgan fingerprint density at radius 3 is 2.68 bits per heavy atom. The second kappa shape index (κ2) is 9.15. The highest BCUT2D eigenvalue weighted by molar-refractivity contribution is 7.22. The van der Waals surface area contributed by atoms with Gasteiger partial charge in [0.2, 0.25) is 5.91 Å². The van der Waals surface area contributed by atoms with E-state index in [4.69, 9.17) is 9.15 Å². The number of nitrogens with one attached hydrogen (secondary N) is 1. The van der Waals surface area contributed by atoms with Crippen LogP contribution in [0.2, 0.25) is 0 Å². The average Bonchev–Trinajstić information content (AvgIpc) is 3.45. The molecule has 0 bridgehead atoms. The van der Waals surface area contributed by atoms with Crippen molar-refractivity contribution >= 4 is 49.1 Å². The van der Waals surface area contributed by atoms with Gasteiger partial charge in [-0.2, -0.15) is 0 Å². The second-order valence-corrected chi connectivity index (χ2v) is 9.04. The summed E-state index contributed by atoms with van der Waals surface area (Å²) in [6.07, 6.45) is 3.38. The van der Waals surface area contributed by atoms with E-state index in [0.717, 1.165) is 54.8 Å². The van der Waals surface area contributed by atoms with Crippen molar-refractivity contribution in [2.45, 2.75) is 20.8 Å². The number of ether oxygens (including phenoxy) is 1. The minimum Gasteiger partial charge on any atom is -0.493 e. The van der Waals surface area contributed by atoms with Gasteiger partial charge in [0.25, 0.3) is 0 Å². The molecule has 0 atom stereocenters. The Morgan fingerprint density at radius 1 is 1.15 bits per heavy atom. The molecule has 6 heteroatoms. The Labute approximate surface area is 201 Å². The largest absolute Gasteiger partial charge is 0.493 e. The van der Waals surface area contributed by atoms with Crippen molar-refractivity contribution in [3.63, 3.8) is 0 Å². The third kappa shape index (κ3) is 4.08. The quantitative estimate of drug-likeness (QED) is 0.263. The van der Waals surface area contributed by atoms with E-state index in [2.05, 4.69) is 28.5 Å². The van der Waals surface area contributed by atoms with Crippen molar-refractivity contribution in [3.05, 3.63) is 84.1 Å². The van der Waals surface area contributed by atoms with Crippen LogP contribution < -0.4 is 10.1 Å². The number of carbonyl (C=O) groups excluding carboxylic acids is 1. The normalized spacial score (nSPS) is 11.8. The first kappa shape index (κ1) is 21.9. The number of hydrogen-bond acceptors (Lipinski definition) is 5. The summed E-state index contributed by atoms with van der Waals surface area (Å²) in [4.78, 5) is 17.3. The van der Waals surface area contributed by atoms with E-state index in [1.54, 1.807) is 12.3 Å². The number of amides is 1. The van der Waals surface area contributed by atoms with Crippen LogP contribution in [-0.2, 0) is 4.79 Å². The van der Waals surface area contributed by atoms with E-state index in [1.807, 2.05) is 63.2 Å². The third-order valence-corrected chi connectivity index (χ3v) is 6.67. The van der Waals surface area contributed by atoms with Gasteiger partial charge < -0.3 is 9.15 Å². The molecule has 0 unspecified atom stereocenters. The standard InChI is InChI=1S/C28H24N2O3S/c1-4-32-26-18(3)27-21(22(16-33-27)19-10-6-5-7-11-19)15-20(26)17(2)14-25(31)30-28-29-23-12-8-9-13-24(23)34-28/h5-16H,4H2,1-3H3,(H,29,30,31)/b17-14+. The summed E-state index contributed by atoms with van der Waals surface area (Å²) in [5.74, 6) is 0.498. The molecule has 5 nitrogen and oxygen atoms in total. The highest BCUT2D eigenvalue weighted by atomic mass is 32.1. The molecule has 3 aromatic carbocycles. The molecule has 5 rings (SSSR count). The number of para-hydroxylation sites is 1. The number of hydrogen-bond donors (Lipinski definition) is 1. The lowest BCUT2D eigenvalue weighted by atomic mass is 9.96. The van der Waals surface area contributed by atoms with Crippen LogP contribution in [0.1, 0.15) is 25.0 Å². The van der Waals surface area contributed by atoms with Crippen LogP contribution in [0, 0.1) is 6.92 Å². The zero-order valence-electron chi connectivity index (χ0n) is 19.2. The molecule has 1 N–H and O–H groups in total. The first-order valence-electron chi connectivity index (χ1n) is 11.1. The minimum atomic E-state index is -0.229. The first-order chi connectivity index (χ1) is 16.5. The summed E-state index contributed by atoms with van der Waals surface area (Å²) < 4.78 is 13.0. The molecule has 0 saturated heterocycles. The number of allylic oxidation sites excluding steroid dienone is 1. The number of rotatable bonds is 6. The van der Waals surface area contributed by atoms with Gasteiger partial charge in [0.1, 0.15) is 11.3 Å².